The van der Waals surface area contributed by atoms with Crippen LogP contribution in [0.15, 0.2) is 78.9 Å². The van der Waals surface area contributed by atoms with E-state index in [9.17, 15) is 9.59 Å². The zero-order chi connectivity index (χ0) is 27.2. The van der Waals surface area contributed by atoms with Crippen molar-refractivity contribution >= 4 is 23.2 Å². The molecule has 2 saturated heterocycles. The van der Waals surface area contributed by atoms with Crippen LogP contribution in [-0.2, 0) is 14.4 Å². The lowest BCUT2D eigenvalue weighted by Gasteiger charge is -2.29. The lowest BCUT2D eigenvalue weighted by Crippen LogP contribution is -2.37. The van der Waals surface area contributed by atoms with Gasteiger partial charge in [-0.05, 0) is 67.4 Å². The summed E-state index contributed by atoms with van der Waals surface area (Å²) in [6.07, 6.45) is 5.01. The second-order valence-corrected chi connectivity index (χ2v) is 9.93. The van der Waals surface area contributed by atoms with E-state index < -0.39 is 18.1 Å². The maximum Gasteiger partial charge on any atom is 0.266 e. The van der Waals surface area contributed by atoms with Crippen LogP contribution in [0.2, 0.25) is 0 Å². The van der Waals surface area contributed by atoms with Crippen LogP contribution >= 0.6 is 0 Å². The van der Waals surface area contributed by atoms with Crippen molar-refractivity contribution < 1.29 is 23.9 Å². The normalized spacial score (nSPS) is 20.4. The van der Waals surface area contributed by atoms with Crippen molar-refractivity contribution in [2.45, 2.75) is 58.1 Å². The van der Waals surface area contributed by atoms with E-state index in [0.29, 0.717) is 24.7 Å². The maximum absolute atomic E-state index is 13.8. The summed E-state index contributed by atoms with van der Waals surface area (Å²) in [5.41, 5.74) is 2.19. The first kappa shape index (κ1) is 26.8. The number of para-hydroxylation sites is 1. The van der Waals surface area contributed by atoms with Gasteiger partial charge in [0, 0.05) is 0 Å². The third-order valence-corrected chi connectivity index (χ3v) is 7.27. The number of carbonyl (C=O) groups is 2. The predicted octanol–water partition coefficient (Wildman–Crippen LogP) is 6.49. The van der Waals surface area contributed by atoms with Gasteiger partial charge in [-0.2, -0.15) is 0 Å². The van der Waals surface area contributed by atoms with Crippen LogP contribution in [0.4, 0.5) is 11.4 Å². The number of carbonyl (C=O) groups excluding carboxylic acids is 2. The largest absolute Gasteiger partial charge is 0.494 e. The highest BCUT2D eigenvalue weighted by Gasteiger charge is 2.60. The summed E-state index contributed by atoms with van der Waals surface area (Å²) in [6.45, 7) is 5.34. The number of amides is 2. The van der Waals surface area contributed by atoms with Gasteiger partial charge in [0.25, 0.3) is 5.91 Å². The molecule has 39 heavy (non-hydrogen) atoms. The second-order valence-electron chi connectivity index (χ2n) is 9.93. The Morgan fingerprint density at radius 2 is 1.38 bits per heavy atom. The number of hydrogen-bond donors (Lipinski definition) is 0. The number of anilines is 2. The predicted molar refractivity (Wildman–Crippen MR) is 151 cm³/mol. The minimum absolute atomic E-state index is 0.273. The smallest absolute Gasteiger partial charge is 0.266 e. The fourth-order valence-electron chi connectivity index (χ4n) is 5.32. The summed E-state index contributed by atoms with van der Waals surface area (Å²) in [4.78, 5) is 34.8. The molecule has 0 aliphatic carbocycles. The molecule has 0 unspecified atom stereocenters. The summed E-state index contributed by atoms with van der Waals surface area (Å²) in [5, 5.41) is 1.71. The van der Waals surface area contributed by atoms with Crippen molar-refractivity contribution in [3.05, 3.63) is 84.4 Å². The third kappa shape index (κ3) is 5.64. The number of ether oxygens (including phenoxy) is 2. The Bertz CT molecular complexity index is 1250. The molecular weight excluding hydrogens is 492 g/mol. The Balaban J connectivity index is 1.37. The highest BCUT2D eigenvalue weighted by Crippen LogP contribution is 2.47. The average molecular weight is 529 g/mol. The van der Waals surface area contributed by atoms with E-state index in [1.54, 1.807) is 29.3 Å². The molecule has 3 atom stereocenters. The molecule has 7 nitrogen and oxygen atoms in total. The molecule has 3 aromatic rings. The van der Waals surface area contributed by atoms with Crippen molar-refractivity contribution in [2.24, 2.45) is 5.92 Å². The molecule has 2 amide bonds. The standard InChI is InChI=1S/C32H36N2O5/c1-3-5-6-7-11-22-38-27-18-14-23(15-19-27)29-28-30(39-34(29)25-12-9-8-10-13-25)32(36)33(31(28)35)24-16-20-26(21-17-24)37-4-2/h8-10,12-21,28-30H,3-7,11,22H2,1-2H3/t28-,29-,30-/m1/s1. The first-order chi connectivity index (χ1) is 19.1. The lowest BCUT2D eigenvalue weighted by atomic mass is 9.90. The monoisotopic (exact) mass is 528 g/mol. The number of nitrogens with zero attached hydrogens (tertiary/aromatic N) is 2. The summed E-state index contributed by atoms with van der Waals surface area (Å²) in [7, 11) is 0. The number of unbranched alkanes of at least 4 members (excludes halogenated alkanes) is 4. The minimum atomic E-state index is -0.909. The van der Waals surface area contributed by atoms with Crippen molar-refractivity contribution in [1.82, 2.24) is 0 Å². The van der Waals surface area contributed by atoms with Crippen LogP contribution in [0.25, 0.3) is 0 Å². The Morgan fingerprint density at radius 3 is 2.08 bits per heavy atom. The van der Waals surface area contributed by atoms with Crippen LogP contribution in [0.3, 0.4) is 0 Å². The SMILES string of the molecule is CCCCCCCOc1ccc([C@@H]2[C@H]3C(=O)N(c4ccc(OCC)cc4)C(=O)[C@@H]3ON2c2ccccc2)cc1. The van der Waals surface area contributed by atoms with Crippen LogP contribution in [0.5, 0.6) is 11.5 Å². The number of rotatable bonds is 12. The zero-order valence-electron chi connectivity index (χ0n) is 22.6. The molecule has 2 heterocycles. The molecule has 5 rings (SSSR count). The van der Waals surface area contributed by atoms with E-state index >= 15 is 0 Å². The van der Waals surface area contributed by atoms with Crippen molar-refractivity contribution in [3.8, 4) is 11.5 Å². The average Bonchev–Trinajstić information content (AvgIpc) is 3.48. The summed E-state index contributed by atoms with van der Waals surface area (Å²) < 4.78 is 11.5. The van der Waals surface area contributed by atoms with Gasteiger partial charge >= 0.3 is 0 Å². The van der Waals surface area contributed by atoms with Crippen molar-refractivity contribution in [2.75, 3.05) is 23.2 Å². The lowest BCUT2D eigenvalue weighted by molar-refractivity contribution is -0.126. The molecule has 0 N–H and O–H groups in total. The summed E-state index contributed by atoms with van der Waals surface area (Å²) in [5.74, 6) is 0.161. The molecule has 0 aromatic heterocycles. The summed E-state index contributed by atoms with van der Waals surface area (Å²) >= 11 is 0. The second kappa shape index (κ2) is 12.3. The zero-order valence-corrected chi connectivity index (χ0v) is 22.6. The topological polar surface area (TPSA) is 68.3 Å². The van der Waals surface area contributed by atoms with Crippen LogP contribution in [0.1, 0.15) is 57.6 Å². The quantitative estimate of drug-likeness (QED) is 0.198. The van der Waals surface area contributed by atoms with E-state index in [1.807, 2.05) is 61.5 Å². The van der Waals surface area contributed by atoms with Crippen molar-refractivity contribution in [1.29, 1.82) is 0 Å². The molecular formula is C32H36N2O5. The first-order valence-electron chi connectivity index (χ1n) is 14.0. The Labute approximate surface area is 230 Å². The third-order valence-electron chi connectivity index (χ3n) is 7.27. The number of imide groups is 1. The van der Waals surface area contributed by atoms with Gasteiger partial charge in [0.2, 0.25) is 5.91 Å². The van der Waals surface area contributed by atoms with E-state index in [4.69, 9.17) is 14.3 Å². The van der Waals surface area contributed by atoms with Gasteiger partial charge in [0.1, 0.15) is 17.4 Å². The van der Waals surface area contributed by atoms with Crippen LogP contribution in [-0.4, -0.2) is 31.1 Å². The number of benzene rings is 3. The van der Waals surface area contributed by atoms with Gasteiger partial charge in [-0.25, -0.2) is 9.96 Å². The van der Waals surface area contributed by atoms with Gasteiger partial charge in [0.15, 0.2) is 6.10 Å². The van der Waals surface area contributed by atoms with Gasteiger partial charge in [0.05, 0.1) is 30.6 Å². The molecule has 0 spiro atoms. The van der Waals surface area contributed by atoms with Crippen LogP contribution in [0, 0.1) is 5.92 Å². The van der Waals surface area contributed by atoms with Gasteiger partial charge < -0.3 is 9.47 Å². The van der Waals surface area contributed by atoms with Gasteiger partial charge in [-0.15, -0.1) is 0 Å². The minimum Gasteiger partial charge on any atom is -0.494 e. The summed E-state index contributed by atoms with van der Waals surface area (Å²) in [6, 6.07) is 23.9. The maximum atomic E-state index is 13.8. The van der Waals surface area contributed by atoms with E-state index in [-0.39, 0.29) is 11.8 Å². The highest BCUT2D eigenvalue weighted by molar-refractivity contribution is 6.23. The van der Waals surface area contributed by atoms with E-state index in [1.165, 1.54) is 30.6 Å². The number of fused-ring (bicyclic) bond motifs is 1. The molecule has 0 radical (unpaired) electrons. The molecule has 204 valence electrons. The fraction of sp³-hybridized carbons (Fsp3) is 0.375. The van der Waals surface area contributed by atoms with E-state index in [2.05, 4.69) is 6.92 Å². The van der Waals surface area contributed by atoms with Gasteiger partial charge in [-0.3, -0.25) is 14.4 Å². The fourth-order valence-corrected chi connectivity index (χ4v) is 5.32. The van der Waals surface area contributed by atoms with Crippen molar-refractivity contribution in [3.63, 3.8) is 0 Å². The molecule has 0 saturated carbocycles. The van der Waals surface area contributed by atoms with Gasteiger partial charge in [-0.1, -0.05) is 62.9 Å². The van der Waals surface area contributed by atoms with Crippen LogP contribution < -0.4 is 19.4 Å². The molecule has 3 aromatic carbocycles. The molecule has 2 aliphatic rings. The number of hydrogen-bond acceptors (Lipinski definition) is 6. The first-order valence-corrected chi connectivity index (χ1v) is 14.0. The molecule has 2 fully saturated rings. The molecule has 7 heteroatoms. The molecule has 0 bridgehead atoms. The Morgan fingerprint density at radius 1 is 0.718 bits per heavy atom. The Hall–Kier alpha value is -3.84. The highest BCUT2D eigenvalue weighted by atomic mass is 16.7. The molecule has 2 aliphatic heterocycles. The Kier molecular flexibility index (Phi) is 8.47. The van der Waals surface area contributed by atoms with E-state index in [0.717, 1.165) is 23.4 Å². The number of hydroxylamine groups is 1.